The smallest absolute Gasteiger partial charge is 0.374 e. The van der Waals surface area contributed by atoms with Crippen LogP contribution in [0.3, 0.4) is 0 Å². The molecule has 2 aromatic carbocycles. The monoisotopic (exact) mass is 411 g/mol. The lowest BCUT2D eigenvalue weighted by atomic mass is 10.1. The predicted octanol–water partition coefficient (Wildman–Crippen LogP) is 2.80. The van der Waals surface area contributed by atoms with Crippen molar-refractivity contribution >= 4 is 40.5 Å². The van der Waals surface area contributed by atoms with Crippen molar-refractivity contribution in [3.63, 3.8) is 0 Å². The van der Waals surface area contributed by atoms with Gasteiger partial charge in [-0.05, 0) is 30.3 Å². The maximum absolute atomic E-state index is 12.2. The molecule has 9 heteroatoms. The third kappa shape index (κ3) is 4.46. The van der Waals surface area contributed by atoms with Crippen molar-refractivity contribution in [2.45, 2.75) is 0 Å². The minimum Gasteiger partial charge on any atom is -0.465 e. The SMILES string of the molecule is COC(=O)c1ccc(C(=O)OC)c(NC(=O)COC(=O)c2cc3ccccc3o2)c1. The van der Waals surface area contributed by atoms with E-state index in [1.165, 1.54) is 38.5 Å². The molecule has 9 nitrogen and oxygen atoms in total. The Labute approximate surface area is 170 Å². The first-order valence-corrected chi connectivity index (χ1v) is 8.69. The summed E-state index contributed by atoms with van der Waals surface area (Å²) in [6.45, 7) is -0.640. The van der Waals surface area contributed by atoms with E-state index in [9.17, 15) is 19.2 Å². The van der Waals surface area contributed by atoms with Crippen molar-refractivity contribution in [2.24, 2.45) is 0 Å². The summed E-state index contributed by atoms with van der Waals surface area (Å²) in [6.07, 6.45) is 0. The van der Waals surface area contributed by atoms with Crippen molar-refractivity contribution in [3.8, 4) is 0 Å². The zero-order valence-corrected chi connectivity index (χ0v) is 16.1. The second kappa shape index (κ2) is 8.91. The summed E-state index contributed by atoms with van der Waals surface area (Å²) >= 11 is 0. The lowest BCUT2D eigenvalue weighted by Crippen LogP contribution is -2.22. The van der Waals surface area contributed by atoms with Gasteiger partial charge in [0.05, 0.1) is 31.0 Å². The Morgan fingerprint density at radius 1 is 0.900 bits per heavy atom. The van der Waals surface area contributed by atoms with Crippen LogP contribution in [0, 0.1) is 0 Å². The van der Waals surface area contributed by atoms with Crippen LogP contribution >= 0.6 is 0 Å². The zero-order valence-electron chi connectivity index (χ0n) is 16.1. The molecule has 1 amide bonds. The van der Waals surface area contributed by atoms with E-state index in [2.05, 4.69) is 14.8 Å². The Morgan fingerprint density at radius 2 is 1.63 bits per heavy atom. The number of nitrogens with one attached hydrogen (secondary N) is 1. The minimum absolute atomic E-state index is 0.00883. The topological polar surface area (TPSA) is 121 Å². The Bertz CT molecular complexity index is 1100. The standard InChI is InChI=1S/C21H17NO8/c1-27-19(24)13-7-8-14(20(25)28-2)15(9-13)22-18(23)11-29-21(26)17-10-12-5-3-4-6-16(12)30-17/h3-10H,11H2,1-2H3,(H,22,23). The van der Waals surface area contributed by atoms with Gasteiger partial charge in [-0.15, -0.1) is 0 Å². The zero-order chi connectivity index (χ0) is 21.7. The van der Waals surface area contributed by atoms with E-state index in [0.717, 1.165) is 5.39 Å². The first kappa shape index (κ1) is 20.6. The first-order valence-electron chi connectivity index (χ1n) is 8.69. The number of benzene rings is 2. The number of hydrogen-bond acceptors (Lipinski definition) is 8. The van der Waals surface area contributed by atoms with Gasteiger partial charge in [-0.2, -0.15) is 0 Å². The number of carbonyl (C=O) groups excluding carboxylic acids is 4. The molecule has 1 heterocycles. The van der Waals surface area contributed by atoms with Crippen molar-refractivity contribution in [2.75, 3.05) is 26.1 Å². The Hall–Kier alpha value is -4.14. The molecule has 0 fully saturated rings. The van der Waals surface area contributed by atoms with Crippen LogP contribution in [0.25, 0.3) is 11.0 Å². The van der Waals surface area contributed by atoms with Crippen molar-refractivity contribution < 1.29 is 37.8 Å². The molecule has 0 aliphatic carbocycles. The molecule has 0 radical (unpaired) electrons. The molecule has 3 rings (SSSR count). The number of esters is 3. The summed E-state index contributed by atoms with van der Waals surface area (Å²) in [4.78, 5) is 48.0. The maximum Gasteiger partial charge on any atom is 0.374 e. The third-order valence-electron chi connectivity index (χ3n) is 4.08. The van der Waals surface area contributed by atoms with Gasteiger partial charge < -0.3 is 23.9 Å². The van der Waals surface area contributed by atoms with Gasteiger partial charge in [0.15, 0.2) is 6.61 Å². The average Bonchev–Trinajstić information content (AvgIpc) is 3.20. The third-order valence-corrected chi connectivity index (χ3v) is 4.08. The molecule has 30 heavy (non-hydrogen) atoms. The number of para-hydroxylation sites is 1. The summed E-state index contributed by atoms with van der Waals surface area (Å²) in [6, 6.07) is 12.5. The van der Waals surface area contributed by atoms with Crippen LogP contribution in [-0.4, -0.2) is 44.6 Å². The highest BCUT2D eigenvalue weighted by atomic mass is 16.5. The van der Waals surface area contributed by atoms with Crippen LogP contribution in [-0.2, 0) is 19.0 Å². The van der Waals surface area contributed by atoms with Gasteiger partial charge in [-0.25, -0.2) is 14.4 Å². The molecule has 0 atom stereocenters. The molecule has 0 saturated carbocycles. The number of carbonyl (C=O) groups is 4. The Morgan fingerprint density at radius 3 is 2.33 bits per heavy atom. The van der Waals surface area contributed by atoms with Crippen molar-refractivity contribution in [1.29, 1.82) is 0 Å². The molecular formula is C21H17NO8. The van der Waals surface area contributed by atoms with E-state index in [1.54, 1.807) is 24.3 Å². The van der Waals surface area contributed by atoms with E-state index in [1.807, 2.05) is 0 Å². The van der Waals surface area contributed by atoms with Gasteiger partial charge in [-0.1, -0.05) is 18.2 Å². The lowest BCUT2D eigenvalue weighted by Gasteiger charge is -2.11. The summed E-state index contributed by atoms with van der Waals surface area (Å²) in [7, 11) is 2.38. The van der Waals surface area contributed by atoms with E-state index in [-0.39, 0.29) is 22.6 Å². The maximum atomic E-state index is 12.2. The molecule has 0 aliphatic rings. The quantitative estimate of drug-likeness (QED) is 0.485. The molecule has 0 aliphatic heterocycles. The van der Waals surface area contributed by atoms with Crippen molar-refractivity contribution in [1.82, 2.24) is 0 Å². The molecule has 3 aromatic rings. The Kier molecular flexibility index (Phi) is 6.11. The van der Waals surface area contributed by atoms with Crippen LogP contribution in [0.1, 0.15) is 31.3 Å². The molecular weight excluding hydrogens is 394 g/mol. The summed E-state index contributed by atoms with van der Waals surface area (Å²) in [5.74, 6) is -2.98. The van der Waals surface area contributed by atoms with Crippen LogP contribution in [0.15, 0.2) is 52.9 Å². The van der Waals surface area contributed by atoms with Gasteiger partial charge in [0, 0.05) is 5.39 Å². The molecule has 0 bridgehead atoms. The number of rotatable bonds is 6. The fourth-order valence-corrected chi connectivity index (χ4v) is 2.65. The second-order valence-corrected chi connectivity index (χ2v) is 6.02. The predicted molar refractivity (Wildman–Crippen MR) is 104 cm³/mol. The van der Waals surface area contributed by atoms with E-state index < -0.39 is 30.4 Å². The number of anilines is 1. The van der Waals surface area contributed by atoms with Gasteiger partial charge in [0.2, 0.25) is 5.76 Å². The number of hydrogen-bond donors (Lipinski definition) is 1. The number of methoxy groups -OCH3 is 2. The number of amides is 1. The molecule has 0 unspecified atom stereocenters. The van der Waals surface area contributed by atoms with Gasteiger partial charge in [-0.3, -0.25) is 4.79 Å². The summed E-state index contributed by atoms with van der Waals surface area (Å²) in [5, 5.41) is 3.14. The van der Waals surface area contributed by atoms with Gasteiger partial charge in [0.1, 0.15) is 5.58 Å². The number of furan rings is 1. The van der Waals surface area contributed by atoms with E-state index in [4.69, 9.17) is 9.15 Å². The molecule has 1 aromatic heterocycles. The minimum atomic E-state index is -0.821. The fraction of sp³-hybridized carbons (Fsp3) is 0.143. The molecule has 154 valence electrons. The summed E-state index contributed by atoms with van der Waals surface area (Å²) < 4.78 is 19.6. The normalized spacial score (nSPS) is 10.3. The van der Waals surface area contributed by atoms with Gasteiger partial charge in [0.25, 0.3) is 5.91 Å². The highest BCUT2D eigenvalue weighted by Crippen LogP contribution is 2.21. The second-order valence-electron chi connectivity index (χ2n) is 6.02. The first-order chi connectivity index (χ1) is 14.4. The molecule has 0 spiro atoms. The van der Waals surface area contributed by atoms with E-state index >= 15 is 0 Å². The van der Waals surface area contributed by atoms with Crippen LogP contribution in [0.2, 0.25) is 0 Å². The summed E-state index contributed by atoms with van der Waals surface area (Å²) in [5.41, 5.74) is 0.646. The largest absolute Gasteiger partial charge is 0.465 e. The average molecular weight is 411 g/mol. The lowest BCUT2D eigenvalue weighted by molar-refractivity contribution is -0.119. The van der Waals surface area contributed by atoms with Gasteiger partial charge >= 0.3 is 17.9 Å². The van der Waals surface area contributed by atoms with E-state index in [0.29, 0.717) is 5.58 Å². The fourth-order valence-electron chi connectivity index (χ4n) is 2.65. The van der Waals surface area contributed by atoms with Crippen molar-refractivity contribution in [3.05, 3.63) is 65.4 Å². The highest BCUT2D eigenvalue weighted by molar-refractivity contribution is 6.04. The van der Waals surface area contributed by atoms with Crippen LogP contribution in [0.4, 0.5) is 5.69 Å². The highest BCUT2D eigenvalue weighted by Gasteiger charge is 2.19. The van der Waals surface area contributed by atoms with Crippen LogP contribution in [0.5, 0.6) is 0 Å². The molecule has 0 saturated heterocycles. The number of ether oxygens (including phenoxy) is 3. The Balaban J connectivity index is 1.70. The van der Waals surface area contributed by atoms with Crippen LogP contribution < -0.4 is 5.32 Å². The molecule has 1 N–H and O–H groups in total. The number of fused-ring (bicyclic) bond motifs is 1.